The normalized spacial score (nSPS) is 10.6. The summed E-state index contributed by atoms with van der Waals surface area (Å²) >= 11 is 0. The second-order valence-corrected chi connectivity index (χ2v) is 4.94. The molecule has 7 nitrogen and oxygen atoms in total. The molecule has 0 aliphatic rings. The summed E-state index contributed by atoms with van der Waals surface area (Å²) in [6.07, 6.45) is 1.26. The molecule has 2 aromatic carbocycles. The zero-order valence-electron chi connectivity index (χ0n) is 12.8. The van der Waals surface area contributed by atoms with Gasteiger partial charge in [-0.2, -0.15) is 5.26 Å². The van der Waals surface area contributed by atoms with Crippen molar-refractivity contribution in [2.24, 2.45) is 0 Å². The van der Waals surface area contributed by atoms with Gasteiger partial charge in [0.15, 0.2) is 0 Å². The Morgan fingerprint density at radius 3 is 2.50 bits per heavy atom. The van der Waals surface area contributed by atoms with Crippen LogP contribution in [0.25, 0.3) is 0 Å². The highest BCUT2D eigenvalue weighted by atomic mass is 16.6. The standard InChI is InChI=1S/C17H14N4O3/c1-12-3-2-4-15(9-12)20-17(22)13(10-18)11-19-14-5-7-16(8-6-14)21(23)24/h2-9,11,19H,1H3,(H,20,22)/b13-11-. The lowest BCUT2D eigenvalue weighted by Crippen LogP contribution is -2.14. The van der Waals surface area contributed by atoms with Crippen LogP contribution < -0.4 is 10.6 Å². The van der Waals surface area contributed by atoms with Crippen LogP contribution in [-0.4, -0.2) is 10.8 Å². The molecule has 0 aliphatic carbocycles. The number of rotatable bonds is 5. The molecule has 2 N–H and O–H groups in total. The fraction of sp³-hybridized carbons (Fsp3) is 0.0588. The average Bonchev–Trinajstić information content (AvgIpc) is 2.56. The van der Waals surface area contributed by atoms with Crippen LogP contribution in [0.5, 0.6) is 0 Å². The summed E-state index contributed by atoms with van der Waals surface area (Å²) in [6.45, 7) is 1.90. The first kappa shape index (κ1) is 16.7. The minimum atomic E-state index is -0.544. The van der Waals surface area contributed by atoms with Crippen molar-refractivity contribution in [3.05, 3.63) is 76.0 Å². The number of nitrogens with one attached hydrogen (secondary N) is 2. The quantitative estimate of drug-likeness (QED) is 0.380. The van der Waals surface area contributed by atoms with Crippen molar-refractivity contribution in [2.75, 3.05) is 10.6 Å². The van der Waals surface area contributed by atoms with E-state index in [1.165, 1.54) is 30.5 Å². The first-order valence-electron chi connectivity index (χ1n) is 6.99. The number of carbonyl (C=O) groups is 1. The van der Waals surface area contributed by atoms with Crippen molar-refractivity contribution in [3.8, 4) is 6.07 Å². The van der Waals surface area contributed by atoms with Gasteiger partial charge in [-0.3, -0.25) is 14.9 Å². The van der Waals surface area contributed by atoms with Crippen LogP contribution in [0.2, 0.25) is 0 Å². The van der Waals surface area contributed by atoms with Crippen molar-refractivity contribution in [2.45, 2.75) is 6.92 Å². The number of aryl methyl sites for hydroxylation is 1. The minimum Gasteiger partial charge on any atom is -0.360 e. The Kier molecular flexibility index (Phi) is 5.26. The number of hydrogen-bond donors (Lipinski definition) is 2. The summed E-state index contributed by atoms with van der Waals surface area (Å²) in [5, 5.41) is 25.1. The summed E-state index contributed by atoms with van der Waals surface area (Å²) < 4.78 is 0. The van der Waals surface area contributed by atoms with Crippen LogP contribution in [0.4, 0.5) is 17.1 Å². The van der Waals surface area contributed by atoms with Gasteiger partial charge in [0.2, 0.25) is 0 Å². The highest BCUT2D eigenvalue weighted by Crippen LogP contribution is 2.16. The fourth-order valence-corrected chi connectivity index (χ4v) is 1.90. The van der Waals surface area contributed by atoms with E-state index in [0.717, 1.165) is 5.56 Å². The summed E-state index contributed by atoms with van der Waals surface area (Å²) in [4.78, 5) is 22.2. The Hall–Kier alpha value is -3.66. The van der Waals surface area contributed by atoms with Crippen LogP contribution in [0, 0.1) is 28.4 Å². The molecule has 0 saturated carbocycles. The molecule has 2 rings (SSSR count). The lowest BCUT2D eigenvalue weighted by Gasteiger charge is -2.06. The van der Waals surface area contributed by atoms with Crippen LogP contribution >= 0.6 is 0 Å². The number of anilines is 2. The summed E-state index contributed by atoms with van der Waals surface area (Å²) in [6, 6.07) is 14.7. The molecular formula is C17H14N4O3. The lowest BCUT2D eigenvalue weighted by molar-refractivity contribution is -0.384. The molecule has 0 fully saturated rings. The number of nitro benzene ring substituents is 1. The van der Waals surface area contributed by atoms with Gasteiger partial charge in [-0.15, -0.1) is 0 Å². The number of benzene rings is 2. The van der Waals surface area contributed by atoms with Gasteiger partial charge in [-0.25, -0.2) is 0 Å². The van der Waals surface area contributed by atoms with Crippen molar-refractivity contribution in [3.63, 3.8) is 0 Å². The van der Waals surface area contributed by atoms with E-state index in [9.17, 15) is 14.9 Å². The number of non-ortho nitro benzene ring substituents is 1. The third-order valence-corrected chi connectivity index (χ3v) is 3.10. The molecular weight excluding hydrogens is 308 g/mol. The van der Waals surface area contributed by atoms with Crippen LogP contribution in [0.3, 0.4) is 0 Å². The molecule has 0 radical (unpaired) electrons. The molecule has 0 atom stereocenters. The second kappa shape index (κ2) is 7.56. The maximum atomic E-state index is 12.1. The van der Waals surface area contributed by atoms with Crippen molar-refractivity contribution in [1.82, 2.24) is 0 Å². The molecule has 0 heterocycles. The van der Waals surface area contributed by atoms with Gasteiger partial charge in [0.1, 0.15) is 11.6 Å². The number of carbonyl (C=O) groups excluding carboxylic acids is 1. The number of amides is 1. The minimum absolute atomic E-state index is 0.0396. The zero-order valence-corrected chi connectivity index (χ0v) is 12.8. The van der Waals surface area contributed by atoms with E-state index in [1.807, 2.05) is 19.1 Å². The summed E-state index contributed by atoms with van der Waals surface area (Å²) in [7, 11) is 0. The molecule has 0 aliphatic heterocycles. The Labute approximate surface area is 138 Å². The van der Waals surface area contributed by atoms with Crippen molar-refractivity contribution >= 4 is 23.0 Å². The number of nitriles is 1. The molecule has 24 heavy (non-hydrogen) atoms. The predicted octanol–water partition coefficient (Wildman–Crippen LogP) is 3.36. The second-order valence-electron chi connectivity index (χ2n) is 4.94. The van der Waals surface area contributed by atoms with Gasteiger partial charge in [-0.1, -0.05) is 12.1 Å². The lowest BCUT2D eigenvalue weighted by atomic mass is 10.2. The first-order valence-corrected chi connectivity index (χ1v) is 6.99. The van der Waals surface area contributed by atoms with Gasteiger partial charge in [0, 0.05) is 29.7 Å². The van der Waals surface area contributed by atoms with Crippen LogP contribution in [0.15, 0.2) is 60.3 Å². The Balaban J connectivity index is 2.07. The molecule has 0 unspecified atom stereocenters. The first-order chi connectivity index (χ1) is 11.5. The monoisotopic (exact) mass is 322 g/mol. The molecule has 2 aromatic rings. The van der Waals surface area contributed by atoms with E-state index in [4.69, 9.17) is 5.26 Å². The van der Waals surface area contributed by atoms with Gasteiger partial charge >= 0.3 is 0 Å². The third-order valence-electron chi connectivity index (χ3n) is 3.10. The summed E-state index contributed by atoms with van der Waals surface area (Å²) in [5.41, 5.74) is 1.95. The third kappa shape index (κ3) is 4.42. The molecule has 0 spiro atoms. The highest BCUT2D eigenvalue weighted by molar-refractivity contribution is 6.06. The highest BCUT2D eigenvalue weighted by Gasteiger charge is 2.09. The van der Waals surface area contributed by atoms with Crippen molar-refractivity contribution < 1.29 is 9.72 Å². The Morgan fingerprint density at radius 2 is 1.92 bits per heavy atom. The Morgan fingerprint density at radius 1 is 1.21 bits per heavy atom. The number of nitro groups is 1. The molecule has 7 heteroatoms. The topological polar surface area (TPSA) is 108 Å². The van der Waals surface area contributed by atoms with Crippen LogP contribution in [0.1, 0.15) is 5.56 Å². The van der Waals surface area contributed by atoms with E-state index in [1.54, 1.807) is 18.2 Å². The SMILES string of the molecule is Cc1cccc(NC(=O)/C(C#N)=C\Nc2ccc([N+](=O)[O-])cc2)c1. The molecule has 1 amide bonds. The molecule has 0 bridgehead atoms. The smallest absolute Gasteiger partial charge is 0.269 e. The number of hydrogen-bond acceptors (Lipinski definition) is 5. The van der Waals surface area contributed by atoms with E-state index in [0.29, 0.717) is 11.4 Å². The van der Waals surface area contributed by atoms with Gasteiger partial charge in [0.25, 0.3) is 11.6 Å². The maximum absolute atomic E-state index is 12.1. The zero-order chi connectivity index (χ0) is 17.5. The predicted molar refractivity (Wildman–Crippen MR) is 90.2 cm³/mol. The van der Waals surface area contributed by atoms with E-state index < -0.39 is 10.8 Å². The maximum Gasteiger partial charge on any atom is 0.269 e. The van der Waals surface area contributed by atoms with E-state index >= 15 is 0 Å². The molecule has 0 saturated heterocycles. The van der Waals surface area contributed by atoms with Crippen molar-refractivity contribution in [1.29, 1.82) is 5.26 Å². The Bertz CT molecular complexity index is 836. The van der Waals surface area contributed by atoms with E-state index in [2.05, 4.69) is 10.6 Å². The fourth-order valence-electron chi connectivity index (χ4n) is 1.90. The largest absolute Gasteiger partial charge is 0.360 e. The van der Waals surface area contributed by atoms with Gasteiger partial charge in [0.05, 0.1) is 4.92 Å². The van der Waals surface area contributed by atoms with Crippen LogP contribution in [-0.2, 0) is 4.79 Å². The number of nitrogens with zero attached hydrogens (tertiary/aromatic N) is 2. The van der Waals surface area contributed by atoms with Gasteiger partial charge in [-0.05, 0) is 36.8 Å². The molecule has 0 aromatic heterocycles. The summed E-state index contributed by atoms with van der Waals surface area (Å²) in [5.74, 6) is -0.544. The van der Waals surface area contributed by atoms with Gasteiger partial charge < -0.3 is 10.6 Å². The average molecular weight is 322 g/mol. The molecule has 120 valence electrons. The van der Waals surface area contributed by atoms with E-state index in [-0.39, 0.29) is 11.3 Å².